The van der Waals surface area contributed by atoms with Crippen molar-refractivity contribution >= 4 is 11.5 Å². The molecule has 1 atom stereocenters. The van der Waals surface area contributed by atoms with Crippen LogP contribution in [0.4, 0.5) is 5.82 Å². The predicted molar refractivity (Wildman–Crippen MR) is 109 cm³/mol. The van der Waals surface area contributed by atoms with Crippen LogP contribution in [-0.2, 0) is 6.42 Å². The lowest BCUT2D eigenvalue weighted by Gasteiger charge is -2.12. The molecule has 0 saturated heterocycles. The van der Waals surface area contributed by atoms with Crippen molar-refractivity contribution in [2.75, 3.05) is 25.9 Å². The monoisotopic (exact) mass is 384 g/mol. The van der Waals surface area contributed by atoms with Gasteiger partial charge in [-0.3, -0.25) is 0 Å². The van der Waals surface area contributed by atoms with E-state index in [1.165, 1.54) is 0 Å². The fraction of sp³-hybridized carbons (Fsp3) is 0.450. The third kappa shape index (κ3) is 4.89. The van der Waals surface area contributed by atoms with Gasteiger partial charge in [-0.05, 0) is 38.1 Å². The van der Waals surface area contributed by atoms with Crippen molar-refractivity contribution < 1.29 is 9.47 Å². The van der Waals surface area contributed by atoms with Gasteiger partial charge in [0.05, 0.1) is 18.0 Å². The Morgan fingerprint density at radius 1 is 1.25 bits per heavy atom. The molecular weight excluding hydrogens is 356 g/mol. The molecule has 8 heteroatoms. The Morgan fingerprint density at radius 2 is 2.04 bits per heavy atom. The van der Waals surface area contributed by atoms with E-state index in [0.717, 1.165) is 36.4 Å². The Balaban J connectivity index is 1.76. The minimum absolute atomic E-state index is 0.0317. The van der Waals surface area contributed by atoms with Crippen molar-refractivity contribution in [3.63, 3.8) is 0 Å². The van der Waals surface area contributed by atoms with E-state index in [4.69, 9.17) is 15.2 Å². The van der Waals surface area contributed by atoms with Gasteiger partial charge in [-0.2, -0.15) is 4.98 Å². The molecule has 0 saturated carbocycles. The zero-order valence-corrected chi connectivity index (χ0v) is 16.7. The number of nitrogens with one attached hydrogen (secondary N) is 1. The van der Waals surface area contributed by atoms with Crippen molar-refractivity contribution in [2.24, 2.45) is 0 Å². The van der Waals surface area contributed by atoms with Crippen LogP contribution >= 0.6 is 0 Å². The fourth-order valence-electron chi connectivity index (χ4n) is 2.93. The molecule has 0 spiro atoms. The van der Waals surface area contributed by atoms with Gasteiger partial charge in [0.2, 0.25) is 0 Å². The van der Waals surface area contributed by atoms with Crippen LogP contribution in [0.5, 0.6) is 11.8 Å². The molecule has 150 valence electrons. The number of benzene rings is 1. The van der Waals surface area contributed by atoms with Crippen LogP contribution in [0.3, 0.4) is 0 Å². The van der Waals surface area contributed by atoms with Crippen LogP contribution in [0.1, 0.15) is 37.9 Å². The van der Waals surface area contributed by atoms with Crippen LogP contribution < -0.4 is 20.5 Å². The molecule has 3 N–H and O–H groups in total. The van der Waals surface area contributed by atoms with E-state index in [1.807, 2.05) is 38.2 Å². The number of imidazole rings is 1. The highest BCUT2D eigenvalue weighted by molar-refractivity contribution is 5.59. The molecule has 0 bridgehead atoms. The summed E-state index contributed by atoms with van der Waals surface area (Å²) < 4.78 is 13.2. The minimum atomic E-state index is 0.0317. The zero-order chi connectivity index (χ0) is 19.9. The summed E-state index contributed by atoms with van der Waals surface area (Å²) in [4.78, 5) is 8.59. The van der Waals surface area contributed by atoms with E-state index in [2.05, 4.69) is 27.3 Å². The van der Waals surface area contributed by atoms with E-state index in [9.17, 15) is 0 Å². The molecule has 3 aromatic rings. The fourth-order valence-corrected chi connectivity index (χ4v) is 2.93. The summed E-state index contributed by atoms with van der Waals surface area (Å²) in [5.41, 5.74) is 8.64. The third-order valence-electron chi connectivity index (χ3n) is 4.37. The Bertz CT molecular complexity index is 894. The molecule has 8 nitrogen and oxygen atoms in total. The van der Waals surface area contributed by atoms with Crippen molar-refractivity contribution in [2.45, 2.75) is 39.2 Å². The molecule has 1 aromatic carbocycles. The number of ether oxygens (including phenoxy) is 2. The quantitative estimate of drug-likeness (QED) is 0.518. The molecule has 0 radical (unpaired) electrons. The Labute approximate surface area is 165 Å². The molecule has 0 aliphatic rings. The average molecular weight is 384 g/mol. The summed E-state index contributed by atoms with van der Waals surface area (Å²) in [6.45, 7) is 5.57. The molecular formula is C20H28N6O2. The highest BCUT2D eigenvalue weighted by atomic mass is 16.5. The number of anilines is 1. The summed E-state index contributed by atoms with van der Waals surface area (Å²) >= 11 is 0. The van der Waals surface area contributed by atoms with Crippen LogP contribution in [0.15, 0.2) is 30.5 Å². The number of hydrogen-bond acceptors (Lipinski definition) is 7. The third-order valence-corrected chi connectivity index (χ3v) is 4.37. The first-order valence-corrected chi connectivity index (χ1v) is 9.63. The van der Waals surface area contributed by atoms with Gasteiger partial charge in [0, 0.05) is 13.0 Å². The van der Waals surface area contributed by atoms with Gasteiger partial charge in [-0.1, -0.05) is 25.5 Å². The second-order valence-electron chi connectivity index (χ2n) is 6.75. The number of aromatic nitrogens is 4. The molecule has 28 heavy (non-hydrogen) atoms. The van der Waals surface area contributed by atoms with E-state index < -0.39 is 0 Å². The van der Waals surface area contributed by atoms with E-state index in [-0.39, 0.29) is 12.1 Å². The molecule has 0 unspecified atom stereocenters. The number of nitrogens with zero attached hydrogens (tertiary/aromatic N) is 4. The van der Waals surface area contributed by atoms with Gasteiger partial charge in [0.1, 0.15) is 12.4 Å². The number of hydrogen-bond donors (Lipinski definition) is 2. The SMILES string of the molecule is CCC[C@H](C)Oc1nc(N)c2ncc(Cc3ccc(OCCNC)cc3)n2n1. The van der Waals surface area contributed by atoms with Gasteiger partial charge in [-0.15, -0.1) is 5.10 Å². The van der Waals surface area contributed by atoms with Crippen molar-refractivity contribution in [3.05, 3.63) is 41.7 Å². The van der Waals surface area contributed by atoms with Crippen molar-refractivity contribution in [1.82, 2.24) is 24.9 Å². The first-order chi connectivity index (χ1) is 13.6. The lowest BCUT2D eigenvalue weighted by Crippen LogP contribution is -2.16. The maximum Gasteiger partial charge on any atom is 0.336 e. The second-order valence-corrected chi connectivity index (χ2v) is 6.75. The average Bonchev–Trinajstić information content (AvgIpc) is 3.07. The number of likely N-dealkylation sites (N-methyl/N-ethyl adjacent to an activating group) is 1. The van der Waals surface area contributed by atoms with E-state index >= 15 is 0 Å². The lowest BCUT2D eigenvalue weighted by atomic mass is 10.1. The highest BCUT2D eigenvalue weighted by Crippen LogP contribution is 2.19. The molecule has 0 aliphatic carbocycles. The Morgan fingerprint density at radius 3 is 2.75 bits per heavy atom. The smallest absolute Gasteiger partial charge is 0.336 e. The first kappa shape index (κ1) is 19.9. The summed E-state index contributed by atoms with van der Waals surface area (Å²) in [7, 11) is 1.90. The topological polar surface area (TPSA) is 99.6 Å². The molecule has 0 aliphatic heterocycles. The molecule has 3 rings (SSSR count). The molecule has 0 fully saturated rings. The maximum atomic E-state index is 6.06. The number of nitrogens with two attached hydrogens (primary N) is 1. The van der Waals surface area contributed by atoms with Gasteiger partial charge in [0.15, 0.2) is 11.5 Å². The van der Waals surface area contributed by atoms with Gasteiger partial charge >= 0.3 is 6.01 Å². The number of fused-ring (bicyclic) bond motifs is 1. The summed E-state index contributed by atoms with van der Waals surface area (Å²) in [6.07, 6.45) is 4.43. The van der Waals surface area contributed by atoms with Gasteiger partial charge in [-0.25, -0.2) is 9.50 Å². The summed E-state index contributed by atoms with van der Waals surface area (Å²) in [5, 5.41) is 7.55. The molecule has 2 heterocycles. The minimum Gasteiger partial charge on any atom is -0.492 e. The first-order valence-electron chi connectivity index (χ1n) is 9.63. The normalized spacial score (nSPS) is 12.2. The lowest BCUT2D eigenvalue weighted by molar-refractivity contribution is 0.189. The maximum absolute atomic E-state index is 6.06. The van der Waals surface area contributed by atoms with E-state index in [0.29, 0.717) is 24.5 Å². The number of nitrogen functional groups attached to an aromatic ring is 1. The number of rotatable bonds is 10. The Hall–Kier alpha value is -2.87. The predicted octanol–water partition coefficient (Wildman–Crippen LogP) is 2.46. The summed E-state index contributed by atoms with van der Waals surface area (Å²) in [5.74, 6) is 1.16. The van der Waals surface area contributed by atoms with Crippen LogP contribution in [-0.4, -0.2) is 45.9 Å². The zero-order valence-electron chi connectivity index (χ0n) is 16.7. The van der Waals surface area contributed by atoms with E-state index in [1.54, 1.807) is 10.7 Å². The van der Waals surface area contributed by atoms with Crippen LogP contribution in [0.2, 0.25) is 0 Å². The van der Waals surface area contributed by atoms with Crippen LogP contribution in [0, 0.1) is 0 Å². The molecule has 2 aromatic heterocycles. The van der Waals surface area contributed by atoms with Crippen LogP contribution in [0.25, 0.3) is 5.65 Å². The summed E-state index contributed by atoms with van der Waals surface area (Å²) in [6, 6.07) is 8.30. The molecule has 0 amide bonds. The Kier molecular flexibility index (Phi) is 6.65. The standard InChI is InChI=1S/C20H28N6O2/c1-4-5-14(2)28-20-24-18(21)19-23-13-16(26(19)25-20)12-15-6-8-17(9-7-15)27-11-10-22-3/h6-9,13-14,22H,4-5,10-12H2,1-3H3,(H2,21,24,25)/t14-/m0/s1. The van der Waals surface area contributed by atoms with Gasteiger partial charge < -0.3 is 20.5 Å². The second kappa shape index (κ2) is 9.36. The largest absolute Gasteiger partial charge is 0.492 e. The van der Waals surface area contributed by atoms with Crippen molar-refractivity contribution in [3.8, 4) is 11.8 Å². The van der Waals surface area contributed by atoms with Gasteiger partial charge in [0.25, 0.3) is 0 Å². The van der Waals surface area contributed by atoms with Crippen molar-refractivity contribution in [1.29, 1.82) is 0 Å². The highest BCUT2D eigenvalue weighted by Gasteiger charge is 2.14.